The van der Waals surface area contributed by atoms with E-state index in [1.54, 1.807) is 0 Å². The Balaban J connectivity index is 1.00. The summed E-state index contributed by atoms with van der Waals surface area (Å²) in [6, 6.07) is 75.6. The average Bonchev–Trinajstić information content (AvgIpc) is 3.78. The quantitative estimate of drug-likeness (QED) is 0.158. The van der Waals surface area contributed by atoms with E-state index in [0.29, 0.717) is 0 Å². The molecule has 3 unspecified atom stereocenters. The third kappa shape index (κ3) is 5.40. The summed E-state index contributed by atoms with van der Waals surface area (Å²) in [6.07, 6.45) is 7.10. The molecule has 276 valence electrons. The van der Waals surface area contributed by atoms with Crippen LogP contribution in [0.5, 0.6) is 0 Å². The van der Waals surface area contributed by atoms with Crippen molar-refractivity contribution >= 4 is 33.2 Å². The van der Waals surface area contributed by atoms with Crippen LogP contribution in [-0.2, 0) is 5.41 Å². The van der Waals surface area contributed by atoms with E-state index in [1.807, 2.05) is 0 Å². The summed E-state index contributed by atoms with van der Waals surface area (Å²) in [6.45, 7) is 2.45. The molecule has 0 radical (unpaired) electrons. The lowest BCUT2D eigenvalue weighted by Crippen LogP contribution is -2.33. The number of hydrogen-bond acceptors (Lipinski definition) is 1. The minimum absolute atomic E-state index is 0.167. The molecule has 2 aliphatic rings. The minimum atomic E-state index is -0.175. The molecule has 0 spiro atoms. The minimum Gasteiger partial charge on any atom is -0.314 e. The standard InChI is InChI=1S/C56H42N2/c1-56(43-19-6-3-7-20-43)50-25-11-8-24-49(50)55-51(56)26-15-29-54(55)57(46-21-14-18-42(38-46)39-16-4-2-5-17-39)44-34-30-40(31-35-44)41-32-36-45(37-33-41)58-52-27-12-9-22-47(52)48-23-10-13-28-53(48)58/h2-38,51,55H,1H3. The molecule has 2 nitrogen and oxygen atoms in total. The Morgan fingerprint density at radius 2 is 1.05 bits per heavy atom. The van der Waals surface area contributed by atoms with Gasteiger partial charge in [-0.1, -0.05) is 177 Å². The van der Waals surface area contributed by atoms with Gasteiger partial charge in [-0.25, -0.2) is 0 Å². The summed E-state index contributed by atoms with van der Waals surface area (Å²) in [5.41, 5.74) is 16.0. The van der Waals surface area contributed by atoms with Crippen LogP contribution in [0.3, 0.4) is 0 Å². The van der Waals surface area contributed by atoms with Crippen molar-refractivity contribution in [3.05, 3.63) is 247 Å². The van der Waals surface area contributed by atoms with Crippen molar-refractivity contribution in [3.8, 4) is 27.9 Å². The number of aromatic nitrogens is 1. The van der Waals surface area contributed by atoms with Crippen molar-refractivity contribution in [2.75, 3.05) is 4.90 Å². The third-order valence-electron chi connectivity index (χ3n) is 12.8. The zero-order valence-electron chi connectivity index (χ0n) is 32.4. The van der Waals surface area contributed by atoms with E-state index in [2.05, 4.69) is 241 Å². The first-order valence-corrected chi connectivity index (χ1v) is 20.3. The highest BCUT2D eigenvalue weighted by molar-refractivity contribution is 6.09. The number of nitrogens with zero attached hydrogens (tertiary/aromatic N) is 2. The summed E-state index contributed by atoms with van der Waals surface area (Å²) in [4.78, 5) is 2.51. The first kappa shape index (κ1) is 34.1. The number of rotatable bonds is 7. The van der Waals surface area contributed by atoms with Gasteiger partial charge in [-0.2, -0.15) is 0 Å². The summed E-state index contributed by atoms with van der Waals surface area (Å²) in [7, 11) is 0. The summed E-state index contributed by atoms with van der Waals surface area (Å²) >= 11 is 0. The van der Waals surface area contributed by atoms with Gasteiger partial charge in [0.1, 0.15) is 0 Å². The normalized spacial score (nSPS) is 18.2. The molecule has 8 aromatic carbocycles. The van der Waals surface area contributed by atoms with Crippen molar-refractivity contribution in [2.45, 2.75) is 18.3 Å². The van der Waals surface area contributed by atoms with Crippen LogP contribution in [0.2, 0.25) is 0 Å². The van der Waals surface area contributed by atoms with E-state index in [9.17, 15) is 0 Å². The molecule has 0 fully saturated rings. The molecule has 1 aromatic heterocycles. The average molecular weight is 743 g/mol. The van der Waals surface area contributed by atoms with Crippen LogP contribution in [0.1, 0.15) is 29.5 Å². The van der Waals surface area contributed by atoms with Gasteiger partial charge in [-0.15, -0.1) is 0 Å². The molecule has 58 heavy (non-hydrogen) atoms. The van der Waals surface area contributed by atoms with Crippen LogP contribution in [-0.4, -0.2) is 4.57 Å². The smallest absolute Gasteiger partial charge is 0.0541 e. The summed E-state index contributed by atoms with van der Waals surface area (Å²) in [5.74, 6) is 0.416. The van der Waals surface area contributed by atoms with E-state index in [1.165, 1.54) is 66.4 Å². The Hall–Kier alpha value is -7.16. The van der Waals surface area contributed by atoms with Gasteiger partial charge >= 0.3 is 0 Å². The largest absolute Gasteiger partial charge is 0.314 e. The third-order valence-corrected chi connectivity index (χ3v) is 12.8. The van der Waals surface area contributed by atoms with Crippen LogP contribution in [0, 0.1) is 5.92 Å². The van der Waals surface area contributed by atoms with Gasteiger partial charge in [0.2, 0.25) is 0 Å². The topological polar surface area (TPSA) is 8.17 Å². The van der Waals surface area contributed by atoms with Crippen LogP contribution >= 0.6 is 0 Å². The molecule has 2 heteroatoms. The highest BCUT2D eigenvalue weighted by Gasteiger charge is 2.51. The molecule has 0 amide bonds. The molecule has 11 rings (SSSR count). The highest BCUT2D eigenvalue weighted by Crippen LogP contribution is 2.59. The summed E-state index contributed by atoms with van der Waals surface area (Å²) < 4.78 is 2.38. The molecule has 0 N–H and O–H groups in total. The van der Waals surface area contributed by atoms with E-state index in [-0.39, 0.29) is 17.3 Å². The molecular formula is C56H42N2. The zero-order chi connectivity index (χ0) is 38.6. The van der Waals surface area contributed by atoms with Crippen molar-refractivity contribution < 1.29 is 0 Å². The summed E-state index contributed by atoms with van der Waals surface area (Å²) in [5, 5.41) is 2.55. The van der Waals surface area contributed by atoms with Gasteiger partial charge in [-0.05, 0) is 93.6 Å². The van der Waals surface area contributed by atoms with Gasteiger partial charge in [0.15, 0.2) is 0 Å². The lowest BCUT2D eigenvalue weighted by atomic mass is 9.68. The van der Waals surface area contributed by atoms with Crippen LogP contribution in [0.15, 0.2) is 230 Å². The molecule has 0 saturated heterocycles. The van der Waals surface area contributed by atoms with Crippen molar-refractivity contribution in [3.63, 3.8) is 0 Å². The van der Waals surface area contributed by atoms with Gasteiger partial charge in [0.25, 0.3) is 0 Å². The van der Waals surface area contributed by atoms with E-state index in [4.69, 9.17) is 0 Å². The van der Waals surface area contributed by atoms with Crippen molar-refractivity contribution in [1.82, 2.24) is 4.57 Å². The Kier molecular flexibility index (Phi) is 8.11. The second kappa shape index (κ2) is 13.8. The Morgan fingerprint density at radius 1 is 0.483 bits per heavy atom. The predicted octanol–water partition coefficient (Wildman–Crippen LogP) is 14.4. The number of allylic oxidation sites excluding steroid dienone is 4. The van der Waals surface area contributed by atoms with Gasteiger partial charge < -0.3 is 9.47 Å². The Labute approximate surface area is 340 Å². The zero-order valence-corrected chi connectivity index (χ0v) is 32.4. The van der Waals surface area contributed by atoms with Gasteiger partial charge in [0.05, 0.1) is 11.0 Å². The fourth-order valence-electron chi connectivity index (χ4n) is 10.0. The lowest BCUT2D eigenvalue weighted by molar-refractivity contribution is 0.415. The predicted molar refractivity (Wildman–Crippen MR) is 243 cm³/mol. The Morgan fingerprint density at radius 3 is 1.76 bits per heavy atom. The fourth-order valence-corrected chi connectivity index (χ4v) is 10.0. The number of anilines is 2. The second-order valence-corrected chi connectivity index (χ2v) is 15.9. The van der Waals surface area contributed by atoms with Crippen molar-refractivity contribution in [2.24, 2.45) is 5.92 Å². The number of benzene rings is 8. The van der Waals surface area contributed by atoms with E-state index < -0.39 is 0 Å². The van der Waals surface area contributed by atoms with Crippen LogP contribution in [0.25, 0.3) is 49.7 Å². The number of fused-ring (bicyclic) bond motifs is 6. The molecular weight excluding hydrogens is 701 g/mol. The molecule has 3 atom stereocenters. The second-order valence-electron chi connectivity index (χ2n) is 15.9. The number of hydrogen-bond donors (Lipinski definition) is 0. The van der Waals surface area contributed by atoms with Crippen LogP contribution in [0.4, 0.5) is 11.4 Å². The van der Waals surface area contributed by atoms with Gasteiger partial charge in [-0.3, -0.25) is 0 Å². The lowest BCUT2D eigenvalue weighted by Gasteiger charge is -2.39. The SMILES string of the molecule is CC1(c2ccccc2)c2ccccc2C2C(N(c3ccc(-c4ccc(-n5c6ccccc6c6ccccc65)cc4)cc3)c3cccc(-c4ccccc4)c3)=CC=CC21. The molecule has 9 aromatic rings. The first-order valence-electron chi connectivity index (χ1n) is 20.3. The molecule has 0 aliphatic heterocycles. The fraction of sp³-hybridized carbons (Fsp3) is 0.0714. The monoisotopic (exact) mass is 742 g/mol. The van der Waals surface area contributed by atoms with Crippen molar-refractivity contribution in [1.29, 1.82) is 0 Å². The van der Waals surface area contributed by atoms with Crippen LogP contribution < -0.4 is 4.90 Å². The maximum Gasteiger partial charge on any atom is 0.0541 e. The molecule has 2 aliphatic carbocycles. The maximum absolute atomic E-state index is 2.51. The van der Waals surface area contributed by atoms with E-state index in [0.717, 1.165) is 17.1 Å². The molecule has 1 heterocycles. The number of para-hydroxylation sites is 2. The Bertz CT molecular complexity index is 2950. The maximum atomic E-state index is 2.51. The van der Waals surface area contributed by atoms with E-state index >= 15 is 0 Å². The molecule has 0 bridgehead atoms. The van der Waals surface area contributed by atoms with Gasteiger partial charge in [0, 0.05) is 50.8 Å². The first-order chi connectivity index (χ1) is 28.7. The molecule has 0 saturated carbocycles. The highest BCUT2D eigenvalue weighted by atomic mass is 15.2.